The van der Waals surface area contributed by atoms with E-state index in [9.17, 15) is 14.0 Å². The number of allylic oxidation sites excluding steroid dienone is 3. The molecule has 1 aliphatic rings. The van der Waals surface area contributed by atoms with E-state index in [1.54, 1.807) is 12.2 Å². The molecule has 0 aliphatic heterocycles. The fourth-order valence-corrected chi connectivity index (χ4v) is 2.35. The molecule has 0 bridgehead atoms. The fraction of sp³-hybridized carbons (Fsp3) is 0.0500. The monoisotopic (exact) mass is 348 g/mol. The normalized spacial score (nSPS) is 12.9. The van der Waals surface area contributed by atoms with Gasteiger partial charge in [-0.25, -0.2) is 4.39 Å². The van der Waals surface area contributed by atoms with Crippen molar-refractivity contribution in [2.24, 2.45) is 0 Å². The summed E-state index contributed by atoms with van der Waals surface area (Å²) in [4.78, 5) is 24.0. The number of nitrogens with one attached hydrogen (secondary N) is 1. The Hall–Kier alpha value is -3.72. The summed E-state index contributed by atoms with van der Waals surface area (Å²) < 4.78 is 18.7. The average molecular weight is 348 g/mol. The quantitative estimate of drug-likeness (QED) is 0.915. The van der Waals surface area contributed by atoms with E-state index >= 15 is 0 Å². The molecule has 6 heteroatoms. The molecule has 0 atom stereocenters. The van der Waals surface area contributed by atoms with Crippen LogP contribution < -0.4 is 10.1 Å². The number of halogens is 1. The highest BCUT2D eigenvalue weighted by Crippen LogP contribution is 2.27. The van der Waals surface area contributed by atoms with Gasteiger partial charge in [-0.2, -0.15) is 5.26 Å². The lowest BCUT2D eigenvalue weighted by Crippen LogP contribution is -2.24. The minimum atomic E-state index is -0.489. The standard InChI is InChI=1S/C20H13FN2O3/c21-14-5-7-17(8-6-14)26-19-10-13(12-22)4-9-18(19)20(25)23-15-2-1-3-16(24)11-15/h1-2,4-11H,3H2,(H,23,25). The minimum absolute atomic E-state index is 0.106. The molecule has 0 spiro atoms. The second-order valence-electron chi connectivity index (χ2n) is 5.51. The van der Waals surface area contributed by atoms with Crippen molar-refractivity contribution in [3.63, 3.8) is 0 Å². The van der Waals surface area contributed by atoms with Gasteiger partial charge >= 0.3 is 0 Å². The van der Waals surface area contributed by atoms with Crippen LogP contribution in [0.2, 0.25) is 0 Å². The van der Waals surface area contributed by atoms with Crippen LogP contribution in [0.15, 0.2) is 66.4 Å². The Morgan fingerprint density at radius 2 is 1.96 bits per heavy atom. The summed E-state index contributed by atoms with van der Waals surface area (Å²) in [6, 6.07) is 11.6. The highest BCUT2D eigenvalue weighted by atomic mass is 19.1. The highest BCUT2D eigenvalue weighted by molar-refractivity contribution is 6.00. The second kappa shape index (κ2) is 7.45. The maximum Gasteiger partial charge on any atom is 0.259 e. The first-order valence-electron chi connectivity index (χ1n) is 7.75. The first kappa shape index (κ1) is 17.1. The number of carbonyl (C=O) groups is 2. The molecule has 128 valence electrons. The molecule has 5 nitrogen and oxygen atoms in total. The van der Waals surface area contributed by atoms with Crippen molar-refractivity contribution < 1.29 is 18.7 Å². The van der Waals surface area contributed by atoms with Crippen molar-refractivity contribution >= 4 is 11.7 Å². The first-order valence-corrected chi connectivity index (χ1v) is 7.75. The Balaban J connectivity index is 1.89. The van der Waals surface area contributed by atoms with Gasteiger partial charge in [0.1, 0.15) is 17.3 Å². The first-order chi connectivity index (χ1) is 12.5. The van der Waals surface area contributed by atoms with Crippen LogP contribution in [-0.4, -0.2) is 11.7 Å². The van der Waals surface area contributed by atoms with E-state index in [-0.39, 0.29) is 17.1 Å². The second-order valence-corrected chi connectivity index (χ2v) is 5.51. The van der Waals surface area contributed by atoms with Crippen LogP contribution in [0.5, 0.6) is 11.5 Å². The summed E-state index contributed by atoms with van der Waals surface area (Å²) in [7, 11) is 0. The van der Waals surface area contributed by atoms with Gasteiger partial charge in [-0.1, -0.05) is 6.08 Å². The Morgan fingerprint density at radius 3 is 2.65 bits per heavy atom. The molecule has 0 aromatic heterocycles. The van der Waals surface area contributed by atoms with Crippen LogP contribution in [-0.2, 0) is 4.79 Å². The van der Waals surface area contributed by atoms with E-state index in [4.69, 9.17) is 10.00 Å². The number of hydrogen-bond acceptors (Lipinski definition) is 4. The third-order valence-corrected chi connectivity index (χ3v) is 3.59. The molecule has 0 saturated carbocycles. The predicted molar refractivity (Wildman–Crippen MR) is 91.9 cm³/mol. The van der Waals surface area contributed by atoms with Crippen molar-refractivity contribution in [3.05, 3.63) is 83.3 Å². The predicted octanol–water partition coefficient (Wildman–Crippen LogP) is 3.63. The lowest BCUT2D eigenvalue weighted by molar-refractivity contribution is -0.113. The number of benzene rings is 2. The van der Waals surface area contributed by atoms with Gasteiger partial charge in [-0.05, 0) is 48.5 Å². The molecule has 2 aromatic rings. The molecule has 1 amide bonds. The Labute approximate surface area is 149 Å². The molecule has 0 fully saturated rings. The van der Waals surface area contributed by atoms with Crippen LogP contribution in [0, 0.1) is 17.1 Å². The maximum atomic E-state index is 13.0. The smallest absolute Gasteiger partial charge is 0.259 e. The van der Waals surface area contributed by atoms with Gasteiger partial charge in [0.25, 0.3) is 5.91 Å². The third-order valence-electron chi connectivity index (χ3n) is 3.59. The zero-order valence-corrected chi connectivity index (χ0v) is 13.5. The molecule has 0 saturated heterocycles. The molecule has 1 aliphatic carbocycles. The number of rotatable bonds is 4. The van der Waals surface area contributed by atoms with Crippen LogP contribution in [0.3, 0.4) is 0 Å². The van der Waals surface area contributed by atoms with Crippen molar-refractivity contribution in [1.29, 1.82) is 5.26 Å². The molecule has 3 rings (SSSR count). The van der Waals surface area contributed by atoms with Gasteiger partial charge in [-0.3, -0.25) is 9.59 Å². The lowest BCUT2D eigenvalue weighted by Gasteiger charge is -2.13. The number of nitrogens with zero attached hydrogens (tertiary/aromatic N) is 1. The number of ketones is 1. The molecule has 2 aromatic carbocycles. The summed E-state index contributed by atoms with van der Waals surface area (Å²) in [6.45, 7) is 0. The number of carbonyl (C=O) groups excluding carboxylic acids is 2. The van der Waals surface area contributed by atoms with Gasteiger partial charge in [0.15, 0.2) is 5.78 Å². The number of nitriles is 1. The minimum Gasteiger partial charge on any atom is -0.456 e. The zero-order chi connectivity index (χ0) is 18.5. The average Bonchev–Trinajstić information content (AvgIpc) is 2.63. The third kappa shape index (κ3) is 4.02. The Bertz CT molecular complexity index is 970. The maximum absolute atomic E-state index is 13.0. The van der Waals surface area contributed by atoms with E-state index in [0.29, 0.717) is 23.4 Å². The molecule has 26 heavy (non-hydrogen) atoms. The summed E-state index contributed by atoms with van der Waals surface area (Å²) >= 11 is 0. The summed E-state index contributed by atoms with van der Waals surface area (Å²) in [5, 5.41) is 11.7. The number of hydrogen-bond donors (Lipinski definition) is 1. The van der Waals surface area contributed by atoms with Crippen molar-refractivity contribution in [3.8, 4) is 17.6 Å². The Morgan fingerprint density at radius 1 is 1.19 bits per heavy atom. The van der Waals surface area contributed by atoms with Crippen molar-refractivity contribution in [1.82, 2.24) is 5.32 Å². The van der Waals surface area contributed by atoms with E-state index in [1.807, 2.05) is 6.07 Å². The van der Waals surface area contributed by atoms with Crippen LogP contribution in [0.4, 0.5) is 4.39 Å². The van der Waals surface area contributed by atoms with Crippen LogP contribution in [0.1, 0.15) is 22.3 Å². The lowest BCUT2D eigenvalue weighted by atomic mass is 10.1. The van der Waals surface area contributed by atoms with Crippen LogP contribution in [0.25, 0.3) is 0 Å². The Kier molecular flexibility index (Phi) is 4.90. The van der Waals surface area contributed by atoms with Crippen molar-refractivity contribution in [2.45, 2.75) is 6.42 Å². The van der Waals surface area contributed by atoms with E-state index in [0.717, 1.165) is 0 Å². The summed E-state index contributed by atoms with van der Waals surface area (Å²) in [5.41, 5.74) is 0.870. The summed E-state index contributed by atoms with van der Waals surface area (Å²) in [5.74, 6) is -0.535. The van der Waals surface area contributed by atoms with Crippen molar-refractivity contribution in [2.75, 3.05) is 0 Å². The zero-order valence-electron chi connectivity index (χ0n) is 13.5. The summed E-state index contributed by atoms with van der Waals surface area (Å²) in [6.07, 6.45) is 4.95. The molecular formula is C20H13FN2O3. The largest absolute Gasteiger partial charge is 0.456 e. The molecule has 0 unspecified atom stereocenters. The van der Waals surface area contributed by atoms with Gasteiger partial charge in [0, 0.05) is 18.2 Å². The number of ether oxygens (including phenoxy) is 1. The topological polar surface area (TPSA) is 79.2 Å². The van der Waals surface area contributed by atoms with Crippen LogP contribution >= 0.6 is 0 Å². The van der Waals surface area contributed by atoms with Gasteiger partial charge in [0.05, 0.1) is 17.2 Å². The van der Waals surface area contributed by atoms with Gasteiger partial charge in [0.2, 0.25) is 0 Å². The SMILES string of the molecule is N#Cc1ccc(C(=O)NC2=CC(=O)CC=C2)c(Oc2ccc(F)cc2)c1. The van der Waals surface area contributed by atoms with Gasteiger partial charge < -0.3 is 10.1 Å². The van der Waals surface area contributed by atoms with E-state index in [1.165, 1.54) is 48.5 Å². The van der Waals surface area contributed by atoms with E-state index in [2.05, 4.69) is 5.32 Å². The van der Waals surface area contributed by atoms with E-state index < -0.39 is 11.7 Å². The molecule has 0 heterocycles. The fourth-order valence-electron chi connectivity index (χ4n) is 2.35. The number of amides is 1. The molecular weight excluding hydrogens is 335 g/mol. The molecule has 1 N–H and O–H groups in total. The highest BCUT2D eigenvalue weighted by Gasteiger charge is 2.16. The van der Waals surface area contributed by atoms with Gasteiger partial charge in [-0.15, -0.1) is 0 Å². The molecule has 0 radical (unpaired) electrons.